The Balaban J connectivity index is 2.47. The number of thiophene rings is 1. The molecule has 1 aromatic heterocycles. The largest absolute Gasteiger partial charge is 0.397 e. The van der Waals surface area contributed by atoms with Crippen LogP contribution in [0, 0.1) is 0 Å². The van der Waals surface area contributed by atoms with Crippen LogP contribution in [0.1, 0.15) is 33.4 Å². The van der Waals surface area contributed by atoms with Crippen molar-refractivity contribution >= 4 is 33.7 Å². The number of Topliss-reactive ketones (excluding diaryl/α,β-unsaturated/α-hetero) is 1. The average Bonchev–Trinajstić information content (AvgIpc) is 2.84. The zero-order valence-corrected chi connectivity index (χ0v) is 12.5. The summed E-state index contributed by atoms with van der Waals surface area (Å²) in [7, 11) is 1.56. The molecule has 1 amide bonds. The Morgan fingerprint density at radius 3 is 2.60 bits per heavy atom. The fourth-order valence-corrected chi connectivity index (χ4v) is 3.41. The molecule has 1 aliphatic rings. The van der Waals surface area contributed by atoms with E-state index in [1.807, 2.05) is 0 Å². The van der Waals surface area contributed by atoms with Crippen LogP contribution < -0.4 is 16.0 Å². The molecule has 0 unspecified atom stereocenters. The Bertz CT molecular complexity index is 521. The van der Waals surface area contributed by atoms with E-state index in [-0.39, 0.29) is 11.7 Å². The van der Waals surface area contributed by atoms with E-state index in [0.717, 1.165) is 5.00 Å². The Kier molecular flexibility index (Phi) is 4.61. The molecule has 1 aliphatic heterocycles. The number of carbonyl (C=O) groups is 2. The third-order valence-corrected chi connectivity index (χ3v) is 4.56. The van der Waals surface area contributed by atoms with Gasteiger partial charge in [0.1, 0.15) is 5.00 Å². The fourth-order valence-electron chi connectivity index (χ4n) is 2.13. The molecular weight excluding hydrogens is 278 g/mol. The van der Waals surface area contributed by atoms with Crippen molar-refractivity contribution in [3.63, 3.8) is 0 Å². The lowest BCUT2D eigenvalue weighted by Crippen LogP contribution is -2.37. The second kappa shape index (κ2) is 6.23. The van der Waals surface area contributed by atoms with Crippen LogP contribution in [0.25, 0.3) is 0 Å². The lowest BCUT2D eigenvalue weighted by Gasteiger charge is -2.28. The number of amides is 1. The molecule has 3 N–H and O–H groups in total. The zero-order chi connectivity index (χ0) is 14.7. The van der Waals surface area contributed by atoms with Gasteiger partial charge in [-0.05, 0) is 0 Å². The number of nitrogen functional groups attached to an aromatic ring is 1. The average molecular weight is 297 g/mol. The molecule has 0 atom stereocenters. The predicted octanol–water partition coefficient (Wildman–Crippen LogP) is 1.12. The van der Waals surface area contributed by atoms with Gasteiger partial charge in [0, 0.05) is 26.6 Å². The van der Waals surface area contributed by atoms with Crippen LogP contribution >= 0.6 is 11.3 Å². The molecule has 110 valence electrons. The number of ketones is 1. The number of hydrogen-bond donors (Lipinski definition) is 2. The maximum atomic E-state index is 12.1. The van der Waals surface area contributed by atoms with Crippen LogP contribution in [0.15, 0.2) is 0 Å². The van der Waals surface area contributed by atoms with Crippen LogP contribution in [0.4, 0.5) is 10.7 Å². The lowest BCUT2D eigenvalue weighted by atomic mass is 10.1. The second-order valence-electron chi connectivity index (χ2n) is 4.48. The van der Waals surface area contributed by atoms with Crippen molar-refractivity contribution in [3.8, 4) is 0 Å². The van der Waals surface area contributed by atoms with Gasteiger partial charge in [0.05, 0.1) is 29.3 Å². The van der Waals surface area contributed by atoms with E-state index >= 15 is 0 Å². The van der Waals surface area contributed by atoms with Gasteiger partial charge >= 0.3 is 0 Å². The summed E-state index contributed by atoms with van der Waals surface area (Å²) in [6, 6.07) is 0. The lowest BCUT2D eigenvalue weighted by molar-refractivity contribution is 0.0962. The number of hydrogen-bond acceptors (Lipinski definition) is 6. The highest BCUT2D eigenvalue weighted by Crippen LogP contribution is 2.39. The Morgan fingerprint density at radius 1 is 1.40 bits per heavy atom. The molecule has 0 radical (unpaired) electrons. The van der Waals surface area contributed by atoms with Crippen molar-refractivity contribution in [1.29, 1.82) is 0 Å². The van der Waals surface area contributed by atoms with E-state index in [1.165, 1.54) is 11.3 Å². The first kappa shape index (κ1) is 14.8. The first-order chi connectivity index (χ1) is 9.60. The SMILES string of the molecule is CCC(=O)c1sc(N2CCOCC2)c(C(=O)NC)c1N. The van der Waals surface area contributed by atoms with Crippen molar-refractivity contribution in [3.05, 3.63) is 10.4 Å². The molecule has 0 spiro atoms. The number of rotatable bonds is 4. The van der Waals surface area contributed by atoms with Gasteiger partial charge < -0.3 is 20.7 Å². The van der Waals surface area contributed by atoms with E-state index in [9.17, 15) is 9.59 Å². The van der Waals surface area contributed by atoms with Crippen LogP contribution in [-0.4, -0.2) is 45.0 Å². The summed E-state index contributed by atoms with van der Waals surface area (Å²) in [5, 5.41) is 3.36. The van der Waals surface area contributed by atoms with Crippen molar-refractivity contribution in [2.75, 3.05) is 44.0 Å². The second-order valence-corrected chi connectivity index (χ2v) is 5.48. The van der Waals surface area contributed by atoms with E-state index in [4.69, 9.17) is 10.5 Å². The molecule has 2 rings (SSSR count). The van der Waals surface area contributed by atoms with Gasteiger partial charge in [-0.1, -0.05) is 6.92 Å². The molecule has 0 aliphatic carbocycles. The van der Waals surface area contributed by atoms with Crippen LogP contribution in [-0.2, 0) is 4.74 Å². The fraction of sp³-hybridized carbons (Fsp3) is 0.538. The van der Waals surface area contributed by atoms with Crippen LogP contribution in [0.3, 0.4) is 0 Å². The first-order valence-corrected chi connectivity index (χ1v) is 7.42. The molecule has 0 saturated carbocycles. The number of ether oxygens (including phenoxy) is 1. The topological polar surface area (TPSA) is 84.7 Å². The summed E-state index contributed by atoms with van der Waals surface area (Å²) >= 11 is 1.30. The maximum absolute atomic E-state index is 12.1. The minimum atomic E-state index is -0.254. The van der Waals surface area contributed by atoms with Crippen LogP contribution in [0.5, 0.6) is 0 Å². The molecule has 0 aromatic carbocycles. The van der Waals surface area contributed by atoms with Gasteiger partial charge in [-0.25, -0.2) is 0 Å². The molecule has 1 aromatic rings. The Labute approximate surface area is 121 Å². The quantitative estimate of drug-likeness (QED) is 0.814. The summed E-state index contributed by atoms with van der Waals surface area (Å²) in [4.78, 5) is 26.6. The number of nitrogens with one attached hydrogen (secondary N) is 1. The number of anilines is 2. The van der Waals surface area contributed by atoms with Crippen molar-refractivity contribution in [2.24, 2.45) is 0 Å². The number of nitrogens with two attached hydrogens (primary N) is 1. The van der Waals surface area contributed by atoms with Crippen molar-refractivity contribution in [2.45, 2.75) is 13.3 Å². The van der Waals surface area contributed by atoms with Crippen LogP contribution in [0.2, 0.25) is 0 Å². The van der Waals surface area contributed by atoms with E-state index < -0.39 is 0 Å². The molecule has 20 heavy (non-hydrogen) atoms. The molecule has 1 saturated heterocycles. The smallest absolute Gasteiger partial charge is 0.256 e. The molecule has 0 bridgehead atoms. The normalized spacial score (nSPS) is 15.2. The zero-order valence-electron chi connectivity index (χ0n) is 11.7. The number of carbonyl (C=O) groups excluding carboxylic acids is 2. The summed E-state index contributed by atoms with van der Waals surface area (Å²) in [6.45, 7) is 4.41. The third kappa shape index (κ3) is 2.64. The molecule has 2 heterocycles. The highest BCUT2D eigenvalue weighted by Gasteiger charge is 2.28. The minimum absolute atomic E-state index is 0.0304. The standard InChI is InChI=1S/C13H19N3O3S/c1-3-8(17)11-10(14)9(12(18)15-2)13(20-11)16-4-6-19-7-5-16/h3-7,14H2,1-2H3,(H,15,18). The summed E-state index contributed by atoms with van der Waals surface area (Å²) in [6.07, 6.45) is 0.375. The molecular formula is C13H19N3O3S. The molecule has 7 heteroatoms. The number of nitrogens with zero attached hydrogens (tertiary/aromatic N) is 1. The summed E-state index contributed by atoms with van der Waals surface area (Å²) < 4.78 is 5.32. The summed E-state index contributed by atoms with van der Waals surface area (Å²) in [5.41, 5.74) is 6.74. The van der Waals surface area contributed by atoms with E-state index in [2.05, 4.69) is 10.2 Å². The maximum Gasteiger partial charge on any atom is 0.256 e. The van der Waals surface area contributed by atoms with Gasteiger partial charge in [0.25, 0.3) is 5.91 Å². The Hall–Kier alpha value is -1.60. The van der Waals surface area contributed by atoms with Gasteiger partial charge in [0.2, 0.25) is 0 Å². The van der Waals surface area contributed by atoms with E-state index in [0.29, 0.717) is 48.9 Å². The van der Waals surface area contributed by atoms with Gasteiger partial charge in [-0.3, -0.25) is 9.59 Å². The summed E-state index contributed by atoms with van der Waals surface area (Å²) in [5.74, 6) is -0.285. The minimum Gasteiger partial charge on any atom is -0.397 e. The van der Waals surface area contributed by atoms with Gasteiger partial charge in [-0.2, -0.15) is 0 Å². The molecule has 6 nitrogen and oxygen atoms in total. The molecule has 1 fully saturated rings. The van der Waals surface area contributed by atoms with E-state index in [1.54, 1.807) is 14.0 Å². The highest BCUT2D eigenvalue weighted by atomic mass is 32.1. The Morgan fingerprint density at radius 2 is 2.05 bits per heavy atom. The number of morpholine rings is 1. The third-order valence-electron chi connectivity index (χ3n) is 3.25. The monoisotopic (exact) mass is 297 g/mol. The van der Waals surface area contributed by atoms with Gasteiger partial charge in [-0.15, -0.1) is 11.3 Å². The first-order valence-electron chi connectivity index (χ1n) is 6.60. The van der Waals surface area contributed by atoms with Crippen molar-refractivity contribution in [1.82, 2.24) is 5.32 Å². The highest BCUT2D eigenvalue weighted by molar-refractivity contribution is 7.19. The predicted molar refractivity (Wildman–Crippen MR) is 79.8 cm³/mol. The van der Waals surface area contributed by atoms with Crippen molar-refractivity contribution < 1.29 is 14.3 Å². The van der Waals surface area contributed by atoms with Gasteiger partial charge in [0.15, 0.2) is 5.78 Å².